The van der Waals surface area contributed by atoms with E-state index in [1.165, 1.54) is 35.0 Å². The van der Waals surface area contributed by atoms with Crippen molar-refractivity contribution >= 4 is 27.3 Å². The molecule has 0 unspecified atom stereocenters. The Balaban J connectivity index is 1.74. The Bertz CT molecular complexity index is 302. The standard InChI is InChI=1S/C12H18BrNS/c1-9-2-4-11(5-3-9)14-7-12-6-10(13)8-15-12/h6,8-9,11,14H,2-5,7H2,1H3. The summed E-state index contributed by atoms with van der Waals surface area (Å²) in [5, 5.41) is 5.81. The van der Waals surface area contributed by atoms with Crippen molar-refractivity contribution in [1.82, 2.24) is 5.32 Å². The summed E-state index contributed by atoms with van der Waals surface area (Å²) in [7, 11) is 0. The first-order valence-corrected chi connectivity index (χ1v) is 7.37. The SMILES string of the molecule is CC1CCC(NCc2cc(Br)cs2)CC1. The predicted octanol–water partition coefficient (Wildman–Crippen LogP) is 4.18. The average molecular weight is 288 g/mol. The minimum Gasteiger partial charge on any atom is -0.309 e. The maximum absolute atomic E-state index is 3.66. The van der Waals surface area contributed by atoms with Crippen LogP contribution in [0.4, 0.5) is 0 Å². The third-order valence-electron chi connectivity index (χ3n) is 3.20. The van der Waals surface area contributed by atoms with Crippen LogP contribution in [0.3, 0.4) is 0 Å². The van der Waals surface area contributed by atoms with Gasteiger partial charge >= 0.3 is 0 Å². The number of hydrogen-bond donors (Lipinski definition) is 1. The molecule has 0 amide bonds. The van der Waals surface area contributed by atoms with Gasteiger partial charge in [0.1, 0.15) is 0 Å². The van der Waals surface area contributed by atoms with E-state index in [1.807, 2.05) is 11.3 Å². The normalized spacial score (nSPS) is 26.8. The van der Waals surface area contributed by atoms with Gasteiger partial charge in [0.25, 0.3) is 0 Å². The van der Waals surface area contributed by atoms with Crippen LogP contribution in [-0.2, 0) is 6.54 Å². The Kier molecular flexibility index (Phi) is 4.23. The second-order valence-corrected chi connectivity index (χ2v) is 6.48. The van der Waals surface area contributed by atoms with Gasteiger partial charge in [0.15, 0.2) is 0 Å². The zero-order valence-electron chi connectivity index (χ0n) is 9.13. The Hall–Kier alpha value is 0.140. The second kappa shape index (κ2) is 5.46. The fourth-order valence-electron chi connectivity index (χ4n) is 2.16. The van der Waals surface area contributed by atoms with Gasteiger partial charge in [-0.2, -0.15) is 0 Å². The van der Waals surface area contributed by atoms with Crippen LogP contribution in [-0.4, -0.2) is 6.04 Å². The first-order chi connectivity index (χ1) is 7.24. The summed E-state index contributed by atoms with van der Waals surface area (Å²) in [5.41, 5.74) is 0. The van der Waals surface area contributed by atoms with Crippen LogP contribution >= 0.6 is 27.3 Å². The van der Waals surface area contributed by atoms with Crippen molar-refractivity contribution in [3.8, 4) is 0 Å². The lowest BCUT2D eigenvalue weighted by molar-refractivity contribution is 0.307. The van der Waals surface area contributed by atoms with Crippen LogP contribution in [0.2, 0.25) is 0 Å². The van der Waals surface area contributed by atoms with Gasteiger partial charge in [-0.25, -0.2) is 0 Å². The zero-order valence-corrected chi connectivity index (χ0v) is 11.5. The fourth-order valence-corrected chi connectivity index (χ4v) is 3.56. The van der Waals surface area contributed by atoms with Crippen molar-refractivity contribution in [1.29, 1.82) is 0 Å². The summed E-state index contributed by atoms with van der Waals surface area (Å²) in [6.45, 7) is 3.40. The van der Waals surface area contributed by atoms with Gasteiger partial charge in [-0.05, 0) is 53.6 Å². The predicted molar refractivity (Wildman–Crippen MR) is 70.3 cm³/mol. The summed E-state index contributed by atoms with van der Waals surface area (Å²) in [6, 6.07) is 2.96. The second-order valence-electron chi connectivity index (χ2n) is 4.57. The van der Waals surface area contributed by atoms with E-state index in [2.05, 4.69) is 39.6 Å². The van der Waals surface area contributed by atoms with E-state index in [-0.39, 0.29) is 0 Å². The maximum Gasteiger partial charge on any atom is 0.0302 e. The molecule has 1 fully saturated rings. The number of halogens is 1. The molecule has 1 saturated carbocycles. The molecule has 1 aliphatic carbocycles. The molecule has 0 atom stereocenters. The lowest BCUT2D eigenvalue weighted by atomic mass is 9.87. The van der Waals surface area contributed by atoms with Crippen molar-refractivity contribution in [3.63, 3.8) is 0 Å². The largest absolute Gasteiger partial charge is 0.309 e. The molecule has 0 bridgehead atoms. The molecule has 1 N–H and O–H groups in total. The Morgan fingerprint density at radius 3 is 2.73 bits per heavy atom. The van der Waals surface area contributed by atoms with Gasteiger partial charge in [-0.15, -0.1) is 11.3 Å². The van der Waals surface area contributed by atoms with E-state index in [1.54, 1.807) is 0 Å². The van der Waals surface area contributed by atoms with Crippen LogP contribution in [0.15, 0.2) is 15.9 Å². The number of nitrogens with one attached hydrogen (secondary N) is 1. The fraction of sp³-hybridized carbons (Fsp3) is 0.667. The summed E-state index contributed by atoms with van der Waals surface area (Å²) in [6.07, 6.45) is 5.50. The first kappa shape index (κ1) is 11.6. The molecule has 15 heavy (non-hydrogen) atoms. The summed E-state index contributed by atoms with van der Waals surface area (Å²) in [4.78, 5) is 1.43. The molecular formula is C12H18BrNS. The molecule has 1 aromatic rings. The molecule has 0 saturated heterocycles. The monoisotopic (exact) mass is 287 g/mol. The van der Waals surface area contributed by atoms with E-state index in [0.717, 1.165) is 18.5 Å². The molecule has 1 nitrogen and oxygen atoms in total. The number of rotatable bonds is 3. The van der Waals surface area contributed by atoms with Crippen molar-refractivity contribution in [2.75, 3.05) is 0 Å². The lowest BCUT2D eigenvalue weighted by Gasteiger charge is -2.26. The third kappa shape index (κ3) is 3.58. The molecule has 1 aliphatic rings. The van der Waals surface area contributed by atoms with Crippen molar-refractivity contribution in [2.24, 2.45) is 5.92 Å². The molecule has 3 heteroatoms. The molecule has 2 rings (SSSR count). The first-order valence-electron chi connectivity index (χ1n) is 5.70. The van der Waals surface area contributed by atoms with Crippen LogP contribution < -0.4 is 5.32 Å². The highest BCUT2D eigenvalue weighted by Gasteiger charge is 2.17. The highest BCUT2D eigenvalue weighted by atomic mass is 79.9. The Labute approximate surface area is 104 Å². The highest BCUT2D eigenvalue weighted by Crippen LogP contribution is 2.24. The van der Waals surface area contributed by atoms with E-state index < -0.39 is 0 Å². The Morgan fingerprint density at radius 1 is 1.40 bits per heavy atom. The average Bonchev–Trinajstić information content (AvgIpc) is 2.64. The zero-order chi connectivity index (χ0) is 10.7. The molecule has 0 spiro atoms. The van der Waals surface area contributed by atoms with Gasteiger partial charge in [-0.1, -0.05) is 6.92 Å². The summed E-state index contributed by atoms with van der Waals surface area (Å²) < 4.78 is 1.21. The number of hydrogen-bond acceptors (Lipinski definition) is 2. The molecular weight excluding hydrogens is 270 g/mol. The van der Waals surface area contributed by atoms with E-state index >= 15 is 0 Å². The van der Waals surface area contributed by atoms with Crippen LogP contribution in [0.5, 0.6) is 0 Å². The molecule has 0 aromatic carbocycles. The topological polar surface area (TPSA) is 12.0 Å². The highest BCUT2D eigenvalue weighted by molar-refractivity contribution is 9.10. The van der Waals surface area contributed by atoms with Crippen LogP contribution in [0, 0.1) is 5.92 Å². The smallest absolute Gasteiger partial charge is 0.0302 e. The number of thiophene rings is 1. The van der Waals surface area contributed by atoms with Gasteiger partial charge in [0.2, 0.25) is 0 Å². The van der Waals surface area contributed by atoms with Gasteiger partial charge < -0.3 is 5.32 Å². The van der Waals surface area contributed by atoms with Crippen molar-refractivity contribution in [2.45, 2.75) is 45.2 Å². The van der Waals surface area contributed by atoms with Crippen LogP contribution in [0.25, 0.3) is 0 Å². The van der Waals surface area contributed by atoms with Gasteiger partial charge in [0.05, 0.1) is 0 Å². The molecule has 1 heterocycles. The van der Waals surface area contributed by atoms with Gasteiger partial charge in [0, 0.05) is 27.3 Å². The van der Waals surface area contributed by atoms with Crippen molar-refractivity contribution < 1.29 is 0 Å². The molecule has 1 aromatic heterocycles. The maximum atomic E-state index is 3.66. The third-order valence-corrected chi connectivity index (χ3v) is 4.90. The minimum atomic E-state index is 0.752. The van der Waals surface area contributed by atoms with Crippen molar-refractivity contribution in [3.05, 3.63) is 20.8 Å². The molecule has 0 radical (unpaired) electrons. The van der Waals surface area contributed by atoms with Crippen LogP contribution in [0.1, 0.15) is 37.5 Å². The minimum absolute atomic E-state index is 0.752. The Morgan fingerprint density at radius 2 is 2.13 bits per heavy atom. The summed E-state index contributed by atoms with van der Waals surface area (Å²) in [5.74, 6) is 0.943. The molecule has 84 valence electrons. The van der Waals surface area contributed by atoms with E-state index in [0.29, 0.717) is 0 Å². The summed E-state index contributed by atoms with van der Waals surface area (Å²) >= 11 is 5.32. The molecule has 0 aliphatic heterocycles. The quantitative estimate of drug-likeness (QED) is 0.880. The van der Waals surface area contributed by atoms with Gasteiger partial charge in [-0.3, -0.25) is 0 Å². The van der Waals surface area contributed by atoms with E-state index in [9.17, 15) is 0 Å². The van der Waals surface area contributed by atoms with E-state index in [4.69, 9.17) is 0 Å². The lowest BCUT2D eigenvalue weighted by Crippen LogP contribution is -2.31.